The Morgan fingerprint density at radius 2 is 1.79 bits per heavy atom. The van der Waals surface area contributed by atoms with Gasteiger partial charge < -0.3 is 9.30 Å². The molecule has 4 nitrogen and oxygen atoms in total. The fourth-order valence-corrected chi connectivity index (χ4v) is 7.12. The molecule has 4 aliphatic carbocycles. The molecular weight excluding hydrogens is 348 g/mol. The summed E-state index contributed by atoms with van der Waals surface area (Å²) in [4.78, 5) is 16.4. The summed E-state index contributed by atoms with van der Waals surface area (Å²) in [5.41, 5.74) is 2.17. The second-order valence-corrected chi connectivity index (χ2v) is 9.74. The van der Waals surface area contributed by atoms with Crippen molar-refractivity contribution in [1.29, 1.82) is 0 Å². The van der Waals surface area contributed by atoms with E-state index >= 15 is 0 Å². The van der Waals surface area contributed by atoms with Crippen LogP contribution in [0.3, 0.4) is 0 Å². The van der Waals surface area contributed by atoms with E-state index in [4.69, 9.17) is 4.74 Å². The number of ether oxygens (including phenoxy) is 1. The Bertz CT molecular complexity index is 896. The van der Waals surface area contributed by atoms with Gasteiger partial charge in [0.2, 0.25) is 0 Å². The highest BCUT2D eigenvalue weighted by molar-refractivity contribution is 6.11. The van der Waals surface area contributed by atoms with Crippen LogP contribution < -0.4 is 0 Å². The molecule has 4 atom stereocenters. The smallest absolute Gasteiger partial charge is 0.171 e. The van der Waals surface area contributed by atoms with Crippen LogP contribution in [0, 0.1) is 23.2 Å². The van der Waals surface area contributed by atoms with Crippen LogP contribution in [-0.4, -0.2) is 48.1 Å². The fraction of sp³-hybridized carbons (Fsp3) is 0.625. The highest BCUT2D eigenvalue weighted by Crippen LogP contribution is 2.66. The van der Waals surface area contributed by atoms with Gasteiger partial charge in [-0.15, -0.1) is 0 Å². The molecule has 28 heavy (non-hydrogen) atoms. The zero-order valence-electron chi connectivity index (χ0n) is 16.6. The van der Waals surface area contributed by atoms with Gasteiger partial charge in [-0.05, 0) is 55.9 Å². The van der Waals surface area contributed by atoms with Gasteiger partial charge in [0.25, 0.3) is 0 Å². The first-order valence-electron chi connectivity index (χ1n) is 11.2. The monoisotopic (exact) mass is 378 g/mol. The van der Waals surface area contributed by atoms with Gasteiger partial charge in [0.05, 0.1) is 13.2 Å². The summed E-state index contributed by atoms with van der Waals surface area (Å²) in [5, 5.41) is 1.16. The molecule has 4 bridgehead atoms. The number of carbonyl (C=O) groups is 1. The number of hydrogen-bond acceptors (Lipinski definition) is 3. The van der Waals surface area contributed by atoms with E-state index in [2.05, 4.69) is 39.9 Å². The van der Waals surface area contributed by atoms with Crippen LogP contribution in [0.15, 0.2) is 30.5 Å². The first kappa shape index (κ1) is 17.2. The van der Waals surface area contributed by atoms with Gasteiger partial charge in [0.1, 0.15) is 0 Å². The summed E-state index contributed by atoms with van der Waals surface area (Å²) in [6.45, 7) is 5.66. The highest BCUT2D eigenvalue weighted by Gasteiger charge is 2.61. The molecule has 5 aliphatic rings. The van der Waals surface area contributed by atoms with Gasteiger partial charge in [-0.3, -0.25) is 9.69 Å². The van der Waals surface area contributed by atoms with Crippen molar-refractivity contribution in [1.82, 2.24) is 9.47 Å². The number of rotatable bonds is 5. The molecular formula is C24H30N2O2. The number of morpholine rings is 1. The lowest BCUT2D eigenvalue weighted by atomic mass is 9.71. The molecule has 5 fully saturated rings. The summed E-state index contributed by atoms with van der Waals surface area (Å²) >= 11 is 0. The van der Waals surface area contributed by atoms with Crippen LogP contribution in [0.2, 0.25) is 0 Å². The van der Waals surface area contributed by atoms with E-state index < -0.39 is 0 Å². The van der Waals surface area contributed by atoms with Crippen LogP contribution in [-0.2, 0) is 11.3 Å². The Hall–Kier alpha value is -1.65. The van der Waals surface area contributed by atoms with Crippen LogP contribution in [0.4, 0.5) is 0 Å². The summed E-state index contributed by atoms with van der Waals surface area (Å²) in [7, 11) is 0. The lowest BCUT2D eigenvalue weighted by Gasteiger charge is -2.31. The van der Waals surface area contributed by atoms with Crippen molar-refractivity contribution < 1.29 is 9.53 Å². The minimum Gasteiger partial charge on any atom is -0.379 e. The summed E-state index contributed by atoms with van der Waals surface area (Å²) < 4.78 is 7.80. The predicted molar refractivity (Wildman–Crippen MR) is 110 cm³/mol. The maximum atomic E-state index is 13.9. The average molecular weight is 379 g/mol. The van der Waals surface area contributed by atoms with Crippen LogP contribution in [0.5, 0.6) is 0 Å². The van der Waals surface area contributed by atoms with Crippen molar-refractivity contribution >= 4 is 16.7 Å². The summed E-state index contributed by atoms with van der Waals surface area (Å²) in [6.07, 6.45) is 8.48. The molecule has 1 aromatic heterocycles. The summed E-state index contributed by atoms with van der Waals surface area (Å²) in [6, 6.07) is 8.52. The number of Topliss-reactive ketones (excluding diaryl/α,β-unsaturated/α-hetero) is 1. The zero-order chi connectivity index (χ0) is 18.7. The average Bonchev–Trinajstić information content (AvgIpc) is 3.31. The van der Waals surface area contributed by atoms with Gasteiger partial charge in [-0.1, -0.05) is 18.2 Å². The highest BCUT2D eigenvalue weighted by atomic mass is 16.5. The zero-order valence-corrected chi connectivity index (χ0v) is 16.6. The molecule has 1 aliphatic heterocycles. The molecule has 7 rings (SSSR count). The van der Waals surface area contributed by atoms with E-state index in [1.807, 2.05) is 0 Å². The Kier molecular flexibility index (Phi) is 3.96. The maximum absolute atomic E-state index is 13.9. The standard InChI is InChI=1S/C24H30N2O2/c27-23(24-14-17-11-18(15-24)13-19(24)12-17)21-16-26(22-4-2-1-3-20(21)22)6-5-25-7-9-28-10-8-25/h1-4,16-19H,5-15H2/t17-,18+,19?,24?. The SMILES string of the molecule is O=C(c1cn(CCN2CCOCC2)c2ccccc12)C12C[C@@H]3CC1C[C@@H](C3)C2. The molecule has 0 N–H and O–H groups in total. The Morgan fingerprint density at radius 1 is 1.04 bits per heavy atom. The first-order chi connectivity index (χ1) is 13.7. The van der Waals surface area contributed by atoms with Crippen molar-refractivity contribution in [3.05, 3.63) is 36.0 Å². The van der Waals surface area contributed by atoms with Gasteiger partial charge in [0.15, 0.2) is 5.78 Å². The third-order valence-electron chi connectivity index (χ3n) is 8.24. The Balaban J connectivity index is 1.32. The normalized spacial score (nSPS) is 34.5. The van der Waals surface area contributed by atoms with Crippen LogP contribution in [0.25, 0.3) is 10.9 Å². The number of fused-ring (bicyclic) bond motifs is 1. The van der Waals surface area contributed by atoms with Crippen molar-refractivity contribution in [2.75, 3.05) is 32.8 Å². The molecule has 2 aromatic rings. The predicted octanol–water partition coefficient (Wildman–Crippen LogP) is 3.98. The van der Waals surface area contributed by atoms with E-state index in [1.165, 1.54) is 24.8 Å². The van der Waals surface area contributed by atoms with Crippen molar-refractivity contribution in [2.45, 2.75) is 38.6 Å². The number of benzene rings is 1. The number of hydrogen-bond donors (Lipinski definition) is 0. The maximum Gasteiger partial charge on any atom is 0.171 e. The van der Waals surface area contributed by atoms with E-state index in [0.717, 1.165) is 75.0 Å². The molecule has 1 saturated heterocycles. The van der Waals surface area contributed by atoms with Gasteiger partial charge >= 0.3 is 0 Å². The third-order valence-corrected chi connectivity index (χ3v) is 8.24. The number of nitrogens with zero attached hydrogens (tertiary/aromatic N) is 2. The number of carbonyl (C=O) groups excluding carboxylic acids is 1. The largest absolute Gasteiger partial charge is 0.379 e. The van der Waals surface area contributed by atoms with Crippen molar-refractivity contribution in [3.8, 4) is 0 Å². The third kappa shape index (κ3) is 2.54. The van der Waals surface area contributed by atoms with Gasteiger partial charge in [-0.2, -0.15) is 0 Å². The molecule has 2 heterocycles. The number of ketones is 1. The van der Waals surface area contributed by atoms with Crippen LogP contribution >= 0.6 is 0 Å². The molecule has 1 aromatic carbocycles. The van der Waals surface area contributed by atoms with E-state index in [-0.39, 0.29) is 5.41 Å². The molecule has 2 unspecified atom stereocenters. The molecule has 148 valence electrons. The van der Waals surface area contributed by atoms with Crippen LogP contribution in [0.1, 0.15) is 42.5 Å². The van der Waals surface area contributed by atoms with Gasteiger partial charge in [-0.25, -0.2) is 0 Å². The lowest BCUT2D eigenvalue weighted by molar-refractivity contribution is 0.0365. The lowest BCUT2D eigenvalue weighted by Crippen LogP contribution is -2.38. The first-order valence-corrected chi connectivity index (χ1v) is 11.2. The van der Waals surface area contributed by atoms with E-state index in [9.17, 15) is 4.79 Å². The van der Waals surface area contributed by atoms with Crippen molar-refractivity contribution in [3.63, 3.8) is 0 Å². The molecule has 0 radical (unpaired) electrons. The molecule has 4 heteroatoms. The number of para-hydroxylation sites is 1. The minimum atomic E-state index is -0.0350. The second kappa shape index (κ2) is 6.43. The van der Waals surface area contributed by atoms with E-state index in [1.54, 1.807) is 0 Å². The quantitative estimate of drug-likeness (QED) is 0.738. The minimum absolute atomic E-state index is 0.0350. The molecule has 0 spiro atoms. The summed E-state index contributed by atoms with van der Waals surface area (Å²) in [5.74, 6) is 2.75. The topological polar surface area (TPSA) is 34.5 Å². The van der Waals surface area contributed by atoms with Crippen molar-refractivity contribution in [2.24, 2.45) is 23.2 Å². The Morgan fingerprint density at radius 3 is 2.57 bits per heavy atom. The van der Waals surface area contributed by atoms with Gasteiger partial charge in [0, 0.05) is 54.3 Å². The van der Waals surface area contributed by atoms with E-state index in [0.29, 0.717) is 11.7 Å². The second-order valence-electron chi connectivity index (χ2n) is 9.74. The molecule has 0 amide bonds. The Labute approximate surface area is 166 Å². The fourth-order valence-electron chi connectivity index (χ4n) is 7.12. The number of aromatic nitrogens is 1. The molecule has 4 saturated carbocycles.